The molecule has 6 nitrogen and oxygen atoms in total. The molecule has 0 fully saturated rings. The molecule has 0 radical (unpaired) electrons. The number of carbonyl (C=O) groups excluding carboxylic acids is 1. The molecule has 1 aliphatic heterocycles. The lowest BCUT2D eigenvalue weighted by atomic mass is 10.1. The van der Waals surface area contributed by atoms with E-state index in [4.69, 9.17) is 23.2 Å². The Morgan fingerprint density at radius 3 is 2.62 bits per heavy atom. The molecule has 0 N–H and O–H groups in total. The number of hydrogen-bond donors (Lipinski definition) is 0. The summed E-state index contributed by atoms with van der Waals surface area (Å²) in [5, 5.41) is 10.9. The zero-order valence-corrected chi connectivity index (χ0v) is 17.7. The number of aromatic nitrogens is 4. The molecule has 0 aliphatic carbocycles. The van der Waals surface area contributed by atoms with Crippen molar-refractivity contribution < 1.29 is 4.79 Å². The van der Waals surface area contributed by atoms with Crippen LogP contribution in [-0.2, 0) is 6.54 Å². The number of benzene rings is 2. The van der Waals surface area contributed by atoms with Crippen LogP contribution in [0.15, 0.2) is 42.5 Å². The largest absolute Gasteiger partial charge is 0.327 e. The lowest BCUT2D eigenvalue weighted by molar-refractivity contribution is 0.0638. The average Bonchev–Trinajstić information content (AvgIpc) is 3.32. The molecule has 2 aromatic carbocycles. The van der Waals surface area contributed by atoms with Gasteiger partial charge in [-0.2, -0.15) is 0 Å². The lowest BCUT2D eigenvalue weighted by Crippen LogP contribution is -2.41. The van der Waals surface area contributed by atoms with Crippen molar-refractivity contribution in [3.63, 3.8) is 0 Å². The fourth-order valence-corrected chi connectivity index (χ4v) is 4.93. The van der Waals surface area contributed by atoms with Gasteiger partial charge >= 0.3 is 0 Å². The van der Waals surface area contributed by atoms with Gasteiger partial charge in [-0.15, -0.1) is 21.5 Å². The number of fused-ring (bicyclic) bond motifs is 2. The highest BCUT2D eigenvalue weighted by Gasteiger charge is 2.32. The van der Waals surface area contributed by atoms with E-state index in [1.165, 1.54) is 11.3 Å². The molecule has 1 atom stereocenters. The van der Waals surface area contributed by atoms with Crippen LogP contribution in [0.25, 0.3) is 21.0 Å². The van der Waals surface area contributed by atoms with E-state index in [0.29, 0.717) is 28.7 Å². The molecule has 3 heterocycles. The summed E-state index contributed by atoms with van der Waals surface area (Å²) in [5.41, 5.74) is 1.49. The second-order valence-corrected chi connectivity index (χ2v) is 8.75. The summed E-state index contributed by atoms with van der Waals surface area (Å²) in [6.45, 7) is 3.14. The standard InChI is InChI=1S/C20H15Cl2N5OS/c1-11-17-24-25-18(19-23-15-7-6-14(22)10-16(15)29-19)27(17)9-8-26(11)20(28)12-2-4-13(21)5-3-12/h2-7,10-11H,8-9H2,1H3/t11-/m1/s1. The Labute approximate surface area is 180 Å². The van der Waals surface area contributed by atoms with Crippen LogP contribution in [0.1, 0.15) is 29.1 Å². The van der Waals surface area contributed by atoms with Gasteiger partial charge in [-0.25, -0.2) is 4.98 Å². The van der Waals surface area contributed by atoms with Gasteiger partial charge in [0.25, 0.3) is 5.91 Å². The summed E-state index contributed by atoms with van der Waals surface area (Å²) in [6.07, 6.45) is 0. The molecule has 0 unspecified atom stereocenters. The Hall–Kier alpha value is -2.48. The van der Waals surface area contributed by atoms with Gasteiger partial charge in [0.15, 0.2) is 16.7 Å². The van der Waals surface area contributed by atoms with Crippen molar-refractivity contribution in [1.29, 1.82) is 0 Å². The molecule has 2 aromatic heterocycles. The molecule has 1 aliphatic rings. The van der Waals surface area contributed by atoms with E-state index in [1.807, 2.05) is 30.0 Å². The first-order valence-electron chi connectivity index (χ1n) is 9.07. The van der Waals surface area contributed by atoms with E-state index in [1.54, 1.807) is 24.3 Å². The topological polar surface area (TPSA) is 63.9 Å². The van der Waals surface area contributed by atoms with Gasteiger partial charge in [-0.3, -0.25) is 4.79 Å². The summed E-state index contributed by atoms with van der Waals surface area (Å²) in [6, 6.07) is 12.4. The highest BCUT2D eigenvalue weighted by molar-refractivity contribution is 7.21. The van der Waals surface area contributed by atoms with E-state index >= 15 is 0 Å². The smallest absolute Gasteiger partial charge is 0.254 e. The van der Waals surface area contributed by atoms with Crippen molar-refractivity contribution in [2.24, 2.45) is 0 Å². The van der Waals surface area contributed by atoms with Crippen LogP contribution in [0.3, 0.4) is 0 Å². The SMILES string of the molecule is C[C@@H]1c2nnc(-c3nc4ccc(Cl)cc4s3)n2CCN1C(=O)c1ccc(Cl)cc1. The molecule has 0 spiro atoms. The molecule has 0 bridgehead atoms. The Balaban J connectivity index is 1.47. The highest BCUT2D eigenvalue weighted by atomic mass is 35.5. The van der Waals surface area contributed by atoms with Crippen molar-refractivity contribution in [1.82, 2.24) is 24.6 Å². The maximum Gasteiger partial charge on any atom is 0.254 e. The first-order valence-corrected chi connectivity index (χ1v) is 10.6. The summed E-state index contributed by atoms with van der Waals surface area (Å²) in [5.74, 6) is 1.44. The van der Waals surface area contributed by atoms with E-state index in [2.05, 4.69) is 19.7 Å². The monoisotopic (exact) mass is 443 g/mol. The second kappa shape index (κ2) is 7.09. The number of nitrogens with zero attached hydrogens (tertiary/aromatic N) is 5. The van der Waals surface area contributed by atoms with Gasteiger partial charge < -0.3 is 9.47 Å². The lowest BCUT2D eigenvalue weighted by Gasteiger charge is -2.33. The van der Waals surface area contributed by atoms with Gasteiger partial charge in [-0.1, -0.05) is 23.2 Å². The van der Waals surface area contributed by atoms with Crippen LogP contribution < -0.4 is 0 Å². The second-order valence-electron chi connectivity index (χ2n) is 6.85. The Morgan fingerprint density at radius 1 is 1.07 bits per heavy atom. The Kier molecular flexibility index (Phi) is 4.53. The normalized spacial score (nSPS) is 16.2. The number of rotatable bonds is 2. The summed E-state index contributed by atoms with van der Waals surface area (Å²) < 4.78 is 3.06. The molecule has 29 heavy (non-hydrogen) atoms. The number of hydrogen-bond acceptors (Lipinski definition) is 5. The van der Waals surface area contributed by atoms with Crippen LogP contribution in [0.4, 0.5) is 0 Å². The van der Waals surface area contributed by atoms with Crippen LogP contribution in [0, 0.1) is 0 Å². The number of amides is 1. The average molecular weight is 444 g/mol. The molecule has 9 heteroatoms. The third-order valence-electron chi connectivity index (χ3n) is 5.08. The highest BCUT2D eigenvalue weighted by Crippen LogP contribution is 2.34. The van der Waals surface area contributed by atoms with Crippen LogP contribution >= 0.6 is 34.5 Å². The van der Waals surface area contributed by atoms with Gasteiger partial charge in [0, 0.05) is 28.7 Å². The van der Waals surface area contributed by atoms with Crippen molar-refractivity contribution in [2.75, 3.05) is 6.54 Å². The Morgan fingerprint density at radius 2 is 1.83 bits per heavy atom. The van der Waals surface area contributed by atoms with Crippen LogP contribution in [0.5, 0.6) is 0 Å². The van der Waals surface area contributed by atoms with Crippen molar-refractivity contribution >= 4 is 50.7 Å². The molecule has 146 valence electrons. The molecule has 0 saturated heterocycles. The zero-order chi connectivity index (χ0) is 20.1. The fraction of sp³-hybridized carbons (Fsp3) is 0.200. The summed E-state index contributed by atoms with van der Waals surface area (Å²) in [7, 11) is 0. The maximum atomic E-state index is 13.0. The van der Waals surface area contributed by atoms with Crippen molar-refractivity contribution in [2.45, 2.75) is 19.5 Å². The fourth-order valence-electron chi connectivity index (χ4n) is 3.57. The molecule has 0 saturated carbocycles. The van der Waals surface area contributed by atoms with Gasteiger partial charge in [0.2, 0.25) is 0 Å². The zero-order valence-electron chi connectivity index (χ0n) is 15.3. The van der Waals surface area contributed by atoms with E-state index in [0.717, 1.165) is 26.9 Å². The molecule has 4 aromatic rings. The quantitative estimate of drug-likeness (QED) is 0.433. The minimum absolute atomic E-state index is 0.0420. The third kappa shape index (κ3) is 3.19. The number of thiazole rings is 1. The van der Waals surface area contributed by atoms with Gasteiger partial charge in [-0.05, 0) is 49.4 Å². The molecular formula is C20H15Cl2N5OS. The van der Waals surface area contributed by atoms with Crippen LogP contribution in [0.2, 0.25) is 10.0 Å². The van der Waals surface area contributed by atoms with E-state index in [-0.39, 0.29) is 11.9 Å². The third-order valence-corrected chi connectivity index (χ3v) is 6.58. The first-order chi connectivity index (χ1) is 14.0. The van der Waals surface area contributed by atoms with Crippen molar-refractivity contribution in [3.05, 3.63) is 63.9 Å². The minimum Gasteiger partial charge on any atom is -0.327 e. The van der Waals surface area contributed by atoms with E-state index in [9.17, 15) is 4.79 Å². The van der Waals surface area contributed by atoms with E-state index < -0.39 is 0 Å². The van der Waals surface area contributed by atoms with Crippen LogP contribution in [-0.4, -0.2) is 37.1 Å². The molecule has 5 rings (SSSR count). The van der Waals surface area contributed by atoms with Gasteiger partial charge in [0.1, 0.15) is 0 Å². The van der Waals surface area contributed by atoms with Crippen molar-refractivity contribution in [3.8, 4) is 10.8 Å². The Bertz CT molecular complexity index is 1230. The number of carbonyl (C=O) groups is 1. The number of halogens is 2. The maximum absolute atomic E-state index is 13.0. The van der Waals surface area contributed by atoms with Gasteiger partial charge in [0.05, 0.1) is 16.3 Å². The predicted octanol–water partition coefficient (Wildman–Crippen LogP) is 5.08. The summed E-state index contributed by atoms with van der Waals surface area (Å²) in [4.78, 5) is 19.5. The molecule has 1 amide bonds. The minimum atomic E-state index is -0.197. The molecular weight excluding hydrogens is 429 g/mol. The summed E-state index contributed by atoms with van der Waals surface area (Å²) >= 11 is 13.6. The predicted molar refractivity (Wildman–Crippen MR) is 115 cm³/mol. The first kappa shape index (κ1) is 18.5.